The standard InChI is InChI=1S/C9H13BrN2O2S/c1-7(6-15(2,13)14)12-9-4-3-8(10)5-11-9/h3-5,7H,6H2,1-2H3,(H,11,12). The third kappa shape index (κ3) is 5.13. The van der Waals surface area contributed by atoms with E-state index in [1.165, 1.54) is 6.26 Å². The Hall–Kier alpha value is -0.620. The van der Waals surface area contributed by atoms with Gasteiger partial charge in [-0.15, -0.1) is 0 Å². The van der Waals surface area contributed by atoms with Crippen molar-refractivity contribution in [2.24, 2.45) is 0 Å². The van der Waals surface area contributed by atoms with Crippen molar-refractivity contribution >= 4 is 31.6 Å². The van der Waals surface area contributed by atoms with Crippen LogP contribution in [0.15, 0.2) is 22.8 Å². The number of aromatic nitrogens is 1. The van der Waals surface area contributed by atoms with E-state index in [9.17, 15) is 8.42 Å². The van der Waals surface area contributed by atoms with Crippen LogP contribution in [-0.4, -0.2) is 31.5 Å². The van der Waals surface area contributed by atoms with Gasteiger partial charge >= 0.3 is 0 Å². The Balaban J connectivity index is 2.59. The van der Waals surface area contributed by atoms with Crippen molar-refractivity contribution in [1.29, 1.82) is 0 Å². The molecule has 0 saturated heterocycles. The van der Waals surface area contributed by atoms with Crippen LogP contribution in [0.25, 0.3) is 0 Å². The summed E-state index contributed by atoms with van der Waals surface area (Å²) in [5, 5.41) is 3.01. The Morgan fingerprint density at radius 1 is 1.53 bits per heavy atom. The highest BCUT2D eigenvalue weighted by Gasteiger charge is 2.10. The molecular formula is C9H13BrN2O2S. The molecule has 0 aromatic carbocycles. The van der Waals surface area contributed by atoms with Gasteiger partial charge in [-0.1, -0.05) is 0 Å². The minimum atomic E-state index is -2.95. The molecule has 4 nitrogen and oxygen atoms in total. The first-order valence-corrected chi connectivity index (χ1v) is 7.28. The van der Waals surface area contributed by atoms with Crippen molar-refractivity contribution in [2.45, 2.75) is 13.0 Å². The molecule has 0 fully saturated rings. The molecule has 0 amide bonds. The number of rotatable bonds is 4. The Morgan fingerprint density at radius 2 is 2.20 bits per heavy atom. The van der Waals surface area contributed by atoms with Crippen LogP contribution in [-0.2, 0) is 9.84 Å². The number of hydrogen-bond acceptors (Lipinski definition) is 4. The topological polar surface area (TPSA) is 59.1 Å². The SMILES string of the molecule is CC(CS(C)(=O)=O)Nc1ccc(Br)cn1. The van der Waals surface area contributed by atoms with Crippen molar-refractivity contribution in [3.05, 3.63) is 22.8 Å². The number of nitrogens with zero attached hydrogens (tertiary/aromatic N) is 1. The van der Waals surface area contributed by atoms with E-state index < -0.39 is 9.84 Å². The summed E-state index contributed by atoms with van der Waals surface area (Å²) in [5.74, 6) is 0.777. The van der Waals surface area contributed by atoms with Gasteiger partial charge in [0.25, 0.3) is 0 Å². The summed E-state index contributed by atoms with van der Waals surface area (Å²) in [4.78, 5) is 4.10. The molecule has 1 heterocycles. The molecule has 1 atom stereocenters. The summed E-state index contributed by atoms with van der Waals surface area (Å²) in [6.45, 7) is 1.81. The molecule has 0 spiro atoms. The lowest BCUT2D eigenvalue weighted by molar-refractivity contribution is 0.598. The van der Waals surface area contributed by atoms with Gasteiger partial charge in [-0.05, 0) is 35.0 Å². The average molecular weight is 293 g/mol. The van der Waals surface area contributed by atoms with E-state index in [4.69, 9.17) is 0 Å². The minimum Gasteiger partial charge on any atom is -0.367 e. The lowest BCUT2D eigenvalue weighted by atomic mass is 10.4. The number of nitrogens with one attached hydrogen (secondary N) is 1. The Kier molecular flexibility index (Phi) is 4.10. The van der Waals surface area contributed by atoms with Crippen LogP contribution in [0, 0.1) is 0 Å². The van der Waals surface area contributed by atoms with Crippen molar-refractivity contribution in [1.82, 2.24) is 4.98 Å². The number of pyridine rings is 1. The Bertz CT molecular complexity index is 416. The number of hydrogen-bond donors (Lipinski definition) is 1. The second kappa shape index (κ2) is 4.94. The lowest BCUT2D eigenvalue weighted by Gasteiger charge is -2.12. The molecule has 15 heavy (non-hydrogen) atoms. The van der Waals surface area contributed by atoms with Crippen molar-refractivity contribution in [3.8, 4) is 0 Å². The maximum Gasteiger partial charge on any atom is 0.149 e. The van der Waals surface area contributed by atoms with Crippen LogP contribution in [0.3, 0.4) is 0 Å². The molecule has 1 aromatic rings. The van der Waals surface area contributed by atoms with Gasteiger partial charge in [-0.25, -0.2) is 13.4 Å². The zero-order valence-electron chi connectivity index (χ0n) is 8.57. The summed E-state index contributed by atoms with van der Waals surface area (Å²) in [6, 6.07) is 3.50. The first-order chi connectivity index (χ1) is 6.87. The molecule has 84 valence electrons. The lowest BCUT2D eigenvalue weighted by Crippen LogP contribution is -2.25. The minimum absolute atomic E-state index is 0.102. The van der Waals surface area contributed by atoms with Gasteiger partial charge in [-0.2, -0.15) is 0 Å². The molecular weight excluding hydrogens is 280 g/mol. The van der Waals surface area contributed by atoms with Crippen LogP contribution < -0.4 is 5.32 Å². The molecule has 0 saturated carbocycles. The maximum absolute atomic E-state index is 11.0. The molecule has 0 radical (unpaired) electrons. The van der Waals surface area contributed by atoms with E-state index >= 15 is 0 Å². The van der Waals surface area contributed by atoms with E-state index in [0.717, 1.165) is 4.47 Å². The van der Waals surface area contributed by atoms with Crippen molar-refractivity contribution < 1.29 is 8.42 Å². The third-order valence-electron chi connectivity index (χ3n) is 1.67. The van der Waals surface area contributed by atoms with Crippen LogP contribution >= 0.6 is 15.9 Å². The van der Waals surface area contributed by atoms with E-state index in [-0.39, 0.29) is 11.8 Å². The molecule has 0 aliphatic carbocycles. The molecule has 1 rings (SSSR count). The molecule has 1 aromatic heterocycles. The smallest absolute Gasteiger partial charge is 0.149 e. The van der Waals surface area contributed by atoms with E-state index in [2.05, 4.69) is 26.2 Å². The fourth-order valence-corrected chi connectivity index (χ4v) is 2.44. The van der Waals surface area contributed by atoms with E-state index in [0.29, 0.717) is 5.82 Å². The Labute approximate surface area is 98.2 Å². The van der Waals surface area contributed by atoms with Crippen LogP contribution in [0.5, 0.6) is 0 Å². The van der Waals surface area contributed by atoms with E-state index in [1.54, 1.807) is 12.3 Å². The number of anilines is 1. The second-order valence-electron chi connectivity index (χ2n) is 3.50. The molecule has 1 unspecified atom stereocenters. The van der Waals surface area contributed by atoms with Crippen LogP contribution in [0.2, 0.25) is 0 Å². The fraction of sp³-hybridized carbons (Fsp3) is 0.444. The van der Waals surface area contributed by atoms with Crippen LogP contribution in [0.1, 0.15) is 6.92 Å². The molecule has 0 bridgehead atoms. The first kappa shape index (κ1) is 12.4. The predicted molar refractivity (Wildman–Crippen MR) is 64.7 cm³/mol. The average Bonchev–Trinajstić information content (AvgIpc) is 2.05. The van der Waals surface area contributed by atoms with E-state index in [1.807, 2.05) is 13.0 Å². The van der Waals surface area contributed by atoms with Crippen molar-refractivity contribution in [2.75, 3.05) is 17.3 Å². The molecule has 6 heteroatoms. The van der Waals surface area contributed by atoms with Gasteiger partial charge in [0.1, 0.15) is 15.7 Å². The monoisotopic (exact) mass is 292 g/mol. The highest BCUT2D eigenvalue weighted by Crippen LogP contribution is 2.11. The highest BCUT2D eigenvalue weighted by molar-refractivity contribution is 9.10. The second-order valence-corrected chi connectivity index (χ2v) is 6.60. The zero-order valence-corrected chi connectivity index (χ0v) is 11.0. The summed E-state index contributed by atoms with van der Waals surface area (Å²) >= 11 is 3.27. The Morgan fingerprint density at radius 3 is 2.67 bits per heavy atom. The number of sulfone groups is 1. The first-order valence-electron chi connectivity index (χ1n) is 4.42. The van der Waals surface area contributed by atoms with Gasteiger partial charge in [0.2, 0.25) is 0 Å². The van der Waals surface area contributed by atoms with Gasteiger partial charge < -0.3 is 5.32 Å². The van der Waals surface area contributed by atoms with Gasteiger partial charge in [0.05, 0.1) is 5.75 Å². The van der Waals surface area contributed by atoms with Crippen molar-refractivity contribution in [3.63, 3.8) is 0 Å². The number of halogens is 1. The van der Waals surface area contributed by atoms with Gasteiger partial charge in [0.15, 0.2) is 0 Å². The molecule has 0 aliphatic rings. The highest BCUT2D eigenvalue weighted by atomic mass is 79.9. The third-order valence-corrected chi connectivity index (χ3v) is 3.25. The summed E-state index contributed by atoms with van der Waals surface area (Å²) in [7, 11) is -2.95. The summed E-state index contributed by atoms with van der Waals surface area (Å²) in [6.07, 6.45) is 2.88. The molecule has 1 N–H and O–H groups in total. The summed E-state index contributed by atoms with van der Waals surface area (Å²) in [5.41, 5.74) is 0. The quantitative estimate of drug-likeness (QED) is 0.917. The molecule has 0 aliphatic heterocycles. The zero-order chi connectivity index (χ0) is 11.5. The van der Waals surface area contributed by atoms with Gasteiger partial charge in [-0.3, -0.25) is 0 Å². The van der Waals surface area contributed by atoms with Gasteiger partial charge in [0, 0.05) is 23.0 Å². The fourth-order valence-electron chi connectivity index (χ4n) is 1.21. The van der Waals surface area contributed by atoms with Crippen LogP contribution in [0.4, 0.5) is 5.82 Å². The largest absolute Gasteiger partial charge is 0.367 e. The maximum atomic E-state index is 11.0. The summed E-state index contributed by atoms with van der Waals surface area (Å²) < 4.78 is 22.9. The predicted octanol–water partition coefficient (Wildman–Crippen LogP) is 1.69. The normalized spacial score (nSPS) is 13.5.